The summed E-state index contributed by atoms with van der Waals surface area (Å²) in [6.07, 6.45) is 1.35. The molecular weight excluding hydrogens is 376 g/mol. The Kier molecular flexibility index (Phi) is 5.08. The first-order valence-electron chi connectivity index (χ1n) is 7.56. The molecule has 1 aliphatic rings. The Bertz CT molecular complexity index is 979. The molecule has 3 rings (SSSR count). The Hall–Kier alpha value is -3.40. The predicted molar refractivity (Wildman–Crippen MR) is 95.5 cm³/mol. The van der Waals surface area contributed by atoms with Gasteiger partial charge in [-0.15, -0.1) is 0 Å². The number of hydrogen-bond acceptors (Lipinski definition) is 8. The van der Waals surface area contributed by atoms with Gasteiger partial charge in [0.05, 0.1) is 22.5 Å². The molecule has 0 aliphatic carbocycles. The van der Waals surface area contributed by atoms with Crippen LogP contribution in [-0.2, 0) is 14.3 Å². The maximum atomic E-state index is 12.3. The standard InChI is InChI=1S/C17H12N2O7S/c1-25-15(20)9-18-16(21)14(27-17(18)22)8-10-6-7-13(26-10)11-4-2-3-5-12(11)19(23)24/h2-8H,9H2,1H3/b14-8-. The molecule has 0 unspecified atom stereocenters. The van der Waals surface area contributed by atoms with Crippen LogP contribution in [0.1, 0.15) is 5.76 Å². The average molecular weight is 388 g/mol. The SMILES string of the molecule is COC(=O)CN1C(=O)S/C(=C\c2ccc(-c3ccccc3[N+](=O)[O-])o2)C1=O. The summed E-state index contributed by atoms with van der Waals surface area (Å²) >= 11 is 0.665. The molecule has 10 heteroatoms. The van der Waals surface area contributed by atoms with Gasteiger partial charge in [0.25, 0.3) is 16.8 Å². The lowest BCUT2D eigenvalue weighted by atomic mass is 10.1. The highest BCUT2D eigenvalue weighted by Gasteiger charge is 2.36. The number of methoxy groups -OCH3 is 1. The number of thioether (sulfide) groups is 1. The van der Waals surface area contributed by atoms with E-state index in [4.69, 9.17) is 4.42 Å². The van der Waals surface area contributed by atoms with Crippen molar-refractivity contribution in [1.29, 1.82) is 0 Å². The van der Waals surface area contributed by atoms with Crippen molar-refractivity contribution in [2.75, 3.05) is 13.7 Å². The highest BCUT2D eigenvalue weighted by Crippen LogP contribution is 2.35. The maximum absolute atomic E-state index is 12.3. The number of furan rings is 1. The predicted octanol–water partition coefficient (Wildman–Crippen LogP) is 3.06. The maximum Gasteiger partial charge on any atom is 0.325 e. The van der Waals surface area contributed by atoms with Crippen molar-refractivity contribution in [1.82, 2.24) is 4.90 Å². The van der Waals surface area contributed by atoms with E-state index in [1.807, 2.05) is 0 Å². The Labute approximate surface area is 156 Å². The average Bonchev–Trinajstić information content (AvgIpc) is 3.22. The van der Waals surface area contributed by atoms with Gasteiger partial charge in [-0.2, -0.15) is 0 Å². The van der Waals surface area contributed by atoms with Gasteiger partial charge >= 0.3 is 5.97 Å². The summed E-state index contributed by atoms with van der Waals surface area (Å²) in [5.41, 5.74) is 0.178. The summed E-state index contributed by atoms with van der Waals surface area (Å²) in [4.78, 5) is 46.9. The van der Waals surface area contributed by atoms with Gasteiger partial charge in [0.1, 0.15) is 18.1 Å². The quantitative estimate of drug-likeness (QED) is 0.332. The number of nitro benzene ring substituents is 1. The second kappa shape index (κ2) is 7.46. The summed E-state index contributed by atoms with van der Waals surface area (Å²) in [5.74, 6) is -0.858. The van der Waals surface area contributed by atoms with Crippen molar-refractivity contribution in [3.8, 4) is 11.3 Å². The molecule has 1 fully saturated rings. The molecule has 0 N–H and O–H groups in total. The molecule has 1 aromatic carbocycles. The van der Waals surface area contributed by atoms with Gasteiger partial charge in [0.2, 0.25) is 0 Å². The second-order valence-electron chi connectivity index (χ2n) is 5.32. The molecule has 0 saturated carbocycles. The Balaban J connectivity index is 1.86. The number of rotatable bonds is 5. The zero-order valence-electron chi connectivity index (χ0n) is 13.9. The smallest absolute Gasteiger partial charge is 0.325 e. The van der Waals surface area contributed by atoms with E-state index >= 15 is 0 Å². The second-order valence-corrected chi connectivity index (χ2v) is 6.31. The number of amides is 2. The van der Waals surface area contributed by atoms with Crippen LogP contribution in [0.5, 0.6) is 0 Å². The number of para-hydroxylation sites is 1. The Morgan fingerprint density at radius 2 is 2.04 bits per heavy atom. The number of nitrogens with zero attached hydrogens (tertiary/aromatic N) is 2. The zero-order valence-corrected chi connectivity index (χ0v) is 14.7. The van der Waals surface area contributed by atoms with Crippen LogP contribution in [-0.4, -0.2) is 40.6 Å². The van der Waals surface area contributed by atoms with Gasteiger partial charge < -0.3 is 9.15 Å². The monoisotopic (exact) mass is 388 g/mol. The van der Waals surface area contributed by atoms with Crippen LogP contribution in [0, 0.1) is 10.1 Å². The summed E-state index contributed by atoms with van der Waals surface area (Å²) in [6, 6.07) is 9.15. The van der Waals surface area contributed by atoms with E-state index in [0.717, 1.165) is 12.0 Å². The van der Waals surface area contributed by atoms with E-state index in [1.165, 1.54) is 24.3 Å². The third-order valence-corrected chi connectivity index (χ3v) is 4.56. The van der Waals surface area contributed by atoms with Crippen LogP contribution in [0.3, 0.4) is 0 Å². The van der Waals surface area contributed by atoms with Gasteiger partial charge in [-0.1, -0.05) is 12.1 Å². The molecule has 2 amide bonds. The fourth-order valence-corrected chi connectivity index (χ4v) is 3.19. The lowest BCUT2D eigenvalue weighted by molar-refractivity contribution is -0.384. The topological polar surface area (TPSA) is 120 Å². The molecule has 2 heterocycles. The molecule has 1 aliphatic heterocycles. The highest BCUT2D eigenvalue weighted by atomic mass is 32.2. The van der Waals surface area contributed by atoms with Crippen LogP contribution in [0.25, 0.3) is 17.4 Å². The van der Waals surface area contributed by atoms with Crippen molar-refractivity contribution in [2.45, 2.75) is 0 Å². The van der Waals surface area contributed by atoms with E-state index < -0.39 is 28.6 Å². The van der Waals surface area contributed by atoms with Crippen molar-refractivity contribution in [3.63, 3.8) is 0 Å². The lowest BCUT2D eigenvalue weighted by Crippen LogP contribution is -2.34. The van der Waals surface area contributed by atoms with Crippen molar-refractivity contribution in [3.05, 3.63) is 57.2 Å². The normalized spacial score (nSPS) is 15.4. The molecule has 9 nitrogen and oxygen atoms in total. The molecule has 27 heavy (non-hydrogen) atoms. The highest BCUT2D eigenvalue weighted by molar-refractivity contribution is 8.18. The minimum Gasteiger partial charge on any atom is -0.468 e. The van der Waals surface area contributed by atoms with E-state index in [0.29, 0.717) is 17.3 Å². The van der Waals surface area contributed by atoms with E-state index in [-0.39, 0.29) is 22.1 Å². The molecule has 0 bridgehead atoms. The fraction of sp³-hybridized carbons (Fsp3) is 0.118. The minimum absolute atomic E-state index is 0.0763. The van der Waals surface area contributed by atoms with Crippen LogP contribution >= 0.6 is 11.8 Å². The zero-order chi connectivity index (χ0) is 19.6. The summed E-state index contributed by atoms with van der Waals surface area (Å²) in [6.45, 7) is -0.474. The number of carbonyl (C=O) groups excluding carboxylic acids is 3. The molecule has 0 spiro atoms. The molecule has 0 radical (unpaired) electrons. The van der Waals surface area contributed by atoms with Crippen molar-refractivity contribution >= 4 is 40.6 Å². The Morgan fingerprint density at radius 3 is 2.74 bits per heavy atom. The first kappa shape index (κ1) is 18.4. The van der Waals surface area contributed by atoms with Crippen LogP contribution < -0.4 is 0 Å². The number of imide groups is 1. The molecule has 138 valence electrons. The lowest BCUT2D eigenvalue weighted by Gasteiger charge is -2.09. The van der Waals surface area contributed by atoms with Crippen LogP contribution in [0.2, 0.25) is 0 Å². The minimum atomic E-state index is -0.713. The number of carbonyl (C=O) groups is 3. The fourth-order valence-electron chi connectivity index (χ4n) is 2.38. The summed E-state index contributed by atoms with van der Waals surface area (Å²) in [5, 5.41) is 10.5. The van der Waals surface area contributed by atoms with Gasteiger partial charge in [0, 0.05) is 12.1 Å². The van der Waals surface area contributed by atoms with Gasteiger partial charge in [-0.3, -0.25) is 29.4 Å². The Morgan fingerprint density at radius 1 is 1.30 bits per heavy atom. The number of benzene rings is 1. The van der Waals surface area contributed by atoms with Crippen molar-refractivity contribution < 1.29 is 28.5 Å². The number of nitro groups is 1. The van der Waals surface area contributed by atoms with Crippen LogP contribution in [0.4, 0.5) is 10.5 Å². The first-order chi connectivity index (χ1) is 12.9. The van der Waals surface area contributed by atoms with E-state index in [1.54, 1.807) is 18.2 Å². The molecule has 0 atom stereocenters. The molecule has 1 aromatic heterocycles. The molecular formula is C17H12N2O7S. The number of ether oxygens (including phenoxy) is 1. The number of hydrogen-bond donors (Lipinski definition) is 0. The third kappa shape index (κ3) is 3.75. The first-order valence-corrected chi connectivity index (χ1v) is 8.38. The number of esters is 1. The summed E-state index contributed by atoms with van der Waals surface area (Å²) < 4.78 is 10.0. The van der Waals surface area contributed by atoms with Crippen molar-refractivity contribution in [2.24, 2.45) is 0 Å². The van der Waals surface area contributed by atoms with Gasteiger partial charge in [0.15, 0.2) is 0 Å². The molecule has 2 aromatic rings. The largest absolute Gasteiger partial charge is 0.468 e. The van der Waals surface area contributed by atoms with Crippen LogP contribution in [0.15, 0.2) is 45.7 Å². The van der Waals surface area contributed by atoms with E-state index in [9.17, 15) is 24.5 Å². The summed E-state index contributed by atoms with van der Waals surface area (Å²) in [7, 11) is 1.16. The van der Waals surface area contributed by atoms with Gasteiger partial charge in [-0.25, -0.2) is 0 Å². The molecule has 1 saturated heterocycles. The van der Waals surface area contributed by atoms with E-state index in [2.05, 4.69) is 4.74 Å². The third-order valence-electron chi connectivity index (χ3n) is 3.65. The van der Waals surface area contributed by atoms with Gasteiger partial charge in [-0.05, 0) is 30.0 Å².